The highest BCUT2D eigenvalue weighted by Gasteiger charge is 2.25. The molecule has 0 bridgehead atoms. The zero-order valence-corrected chi connectivity index (χ0v) is 17.0. The Morgan fingerprint density at radius 1 is 1.32 bits per heavy atom. The molecular formula is C18H24N6O3S. The molecule has 1 aliphatic heterocycles. The van der Waals surface area contributed by atoms with Crippen LogP contribution in [0.15, 0.2) is 41.2 Å². The Balaban J connectivity index is 0.00000136. The van der Waals surface area contributed by atoms with Crippen LogP contribution in [0.1, 0.15) is 43.7 Å². The number of carbonyl (C=O) groups excluding carboxylic acids is 1. The standard InChI is InChI=1S/C16H18N6O3S.C2H6/c1-16(2,20-15(23)11-6-7-18-9-19-11)8-25-12-5-3-4-10-13(12)14(17)22-26(24)21-10;1-2/h3-7,9,21H,8H2,1-2H3,(H2,17,22)(H,20,23);1-2H3. The number of nitrogens with one attached hydrogen (secondary N) is 2. The van der Waals surface area contributed by atoms with E-state index in [-0.39, 0.29) is 24.0 Å². The van der Waals surface area contributed by atoms with Crippen molar-refractivity contribution in [2.45, 2.75) is 33.2 Å². The van der Waals surface area contributed by atoms with E-state index in [2.05, 4.69) is 24.4 Å². The van der Waals surface area contributed by atoms with Crippen molar-refractivity contribution in [1.82, 2.24) is 15.3 Å². The molecule has 1 aliphatic rings. The van der Waals surface area contributed by atoms with Gasteiger partial charge in [0.1, 0.15) is 30.2 Å². The third-order valence-electron chi connectivity index (χ3n) is 3.52. The summed E-state index contributed by atoms with van der Waals surface area (Å²) in [6.45, 7) is 7.83. The quantitative estimate of drug-likeness (QED) is 0.696. The van der Waals surface area contributed by atoms with E-state index in [1.165, 1.54) is 18.6 Å². The van der Waals surface area contributed by atoms with Crippen LogP contribution in [0.3, 0.4) is 0 Å². The van der Waals surface area contributed by atoms with E-state index in [0.717, 1.165) is 0 Å². The van der Waals surface area contributed by atoms with Gasteiger partial charge in [-0.3, -0.25) is 9.52 Å². The molecule has 0 saturated carbocycles. The molecule has 0 fully saturated rings. The molecule has 0 saturated heterocycles. The summed E-state index contributed by atoms with van der Waals surface area (Å²) in [5, 5.41) is 2.86. The first-order valence-corrected chi connectivity index (χ1v) is 9.84. The second-order valence-corrected chi connectivity index (χ2v) is 7.11. The number of nitrogens with zero attached hydrogens (tertiary/aromatic N) is 3. The second-order valence-electron chi connectivity index (χ2n) is 6.23. The van der Waals surface area contributed by atoms with Crippen LogP contribution in [0.25, 0.3) is 0 Å². The van der Waals surface area contributed by atoms with Gasteiger partial charge in [0, 0.05) is 6.20 Å². The van der Waals surface area contributed by atoms with Crippen LogP contribution in [0.4, 0.5) is 5.69 Å². The Morgan fingerprint density at radius 2 is 2.07 bits per heavy atom. The Bertz CT molecular complexity index is 886. The van der Waals surface area contributed by atoms with E-state index in [9.17, 15) is 9.00 Å². The number of amides is 1. The van der Waals surface area contributed by atoms with E-state index in [1.807, 2.05) is 27.7 Å². The minimum atomic E-state index is -1.60. The zero-order chi connectivity index (χ0) is 20.7. The molecule has 0 spiro atoms. The van der Waals surface area contributed by atoms with Crippen molar-refractivity contribution in [3.8, 4) is 5.75 Å². The van der Waals surface area contributed by atoms with Gasteiger partial charge in [0.2, 0.25) is 11.2 Å². The lowest BCUT2D eigenvalue weighted by Crippen LogP contribution is -2.48. The van der Waals surface area contributed by atoms with Crippen LogP contribution in [-0.2, 0) is 11.2 Å². The molecule has 28 heavy (non-hydrogen) atoms. The van der Waals surface area contributed by atoms with Crippen LogP contribution in [0, 0.1) is 0 Å². The number of ether oxygens (including phenoxy) is 1. The normalized spacial score (nSPS) is 15.1. The first kappa shape index (κ1) is 21.3. The number of amidine groups is 1. The SMILES string of the molecule is CC.CC(C)(COc1cccc2c1C(N)=NS(=O)N2)NC(=O)c1ccncn1. The molecule has 2 aromatic rings. The van der Waals surface area contributed by atoms with Crippen LogP contribution in [0.5, 0.6) is 5.75 Å². The number of fused-ring (bicyclic) bond motifs is 1. The van der Waals surface area contributed by atoms with Crippen molar-refractivity contribution in [3.63, 3.8) is 0 Å². The lowest BCUT2D eigenvalue weighted by molar-refractivity contribution is 0.0875. The molecule has 1 aromatic carbocycles. The molecule has 1 atom stereocenters. The van der Waals surface area contributed by atoms with Gasteiger partial charge < -0.3 is 15.8 Å². The van der Waals surface area contributed by atoms with Crippen molar-refractivity contribution in [2.24, 2.45) is 10.1 Å². The number of aromatic nitrogens is 2. The highest BCUT2D eigenvalue weighted by molar-refractivity contribution is 7.85. The highest BCUT2D eigenvalue weighted by atomic mass is 32.2. The predicted molar refractivity (Wildman–Crippen MR) is 109 cm³/mol. The van der Waals surface area contributed by atoms with Crippen molar-refractivity contribution in [2.75, 3.05) is 11.3 Å². The molecule has 0 radical (unpaired) electrons. The average molecular weight is 404 g/mol. The van der Waals surface area contributed by atoms with E-state index in [4.69, 9.17) is 10.5 Å². The van der Waals surface area contributed by atoms with E-state index < -0.39 is 16.7 Å². The highest BCUT2D eigenvalue weighted by Crippen LogP contribution is 2.30. The minimum Gasteiger partial charge on any atom is -0.490 e. The molecule has 1 amide bonds. The number of rotatable bonds is 5. The fraction of sp³-hybridized carbons (Fsp3) is 0.333. The van der Waals surface area contributed by atoms with E-state index in [1.54, 1.807) is 18.2 Å². The Labute approximate surface area is 166 Å². The first-order chi connectivity index (χ1) is 13.4. The lowest BCUT2D eigenvalue weighted by Gasteiger charge is -2.27. The van der Waals surface area contributed by atoms with Crippen molar-refractivity contribution in [1.29, 1.82) is 0 Å². The Kier molecular flexibility index (Phi) is 7.05. The number of hydrogen-bond donors (Lipinski definition) is 3. The van der Waals surface area contributed by atoms with Gasteiger partial charge in [0.05, 0.1) is 16.8 Å². The molecule has 150 valence electrons. The molecule has 3 rings (SSSR count). The molecule has 1 aromatic heterocycles. The summed E-state index contributed by atoms with van der Waals surface area (Å²) < 4.78 is 23.9. The zero-order valence-electron chi connectivity index (χ0n) is 16.2. The Hall–Kier alpha value is -3.01. The van der Waals surface area contributed by atoms with Gasteiger partial charge >= 0.3 is 0 Å². The summed E-state index contributed by atoms with van der Waals surface area (Å²) >= 11 is -1.60. The fourth-order valence-electron chi connectivity index (χ4n) is 2.34. The summed E-state index contributed by atoms with van der Waals surface area (Å²) in [4.78, 5) is 20.0. The summed E-state index contributed by atoms with van der Waals surface area (Å²) in [6.07, 6.45) is 2.81. The number of carbonyl (C=O) groups is 1. The van der Waals surface area contributed by atoms with Gasteiger partial charge in [-0.15, -0.1) is 0 Å². The van der Waals surface area contributed by atoms with Crippen LogP contribution in [-0.4, -0.2) is 38.1 Å². The maximum atomic E-state index is 12.3. The number of benzene rings is 1. The van der Waals surface area contributed by atoms with Crippen molar-refractivity contribution >= 4 is 28.6 Å². The first-order valence-electron chi connectivity index (χ1n) is 8.73. The predicted octanol–water partition coefficient (Wildman–Crippen LogP) is 1.80. The molecular weight excluding hydrogens is 380 g/mol. The molecule has 4 N–H and O–H groups in total. The van der Waals surface area contributed by atoms with Crippen molar-refractivity contribution in [3.05, 3.63) is 48.0 Å². The number of hydrogen-bond acceptors (Lipinski definition) is 6. The second kappa shape index (κ2) is 9.27. The third kappa shape index (κ3) is 5.26. The molecule has 10 heteroatoms. The maximum absolute atomic E-state index is 12.3. The summed E-state index contributed by atoms with van der Waals surface area (Å²) in [5.41, 5.74) is 6.61. The van der Waals surface area contributed by atoms with Crippen LogP contribution < -0.4 is 20.5 Å². The third-order valence-corrected chi connectivity index (χ3v) is 4.27. The van der Waals surface area contributed by atoms with Crippen LogP contribution >= 0.6 is 0 Å². The van der Waals surface area contributed by atoms with Gasteiger partial charge in [0.15, 0.2) is 0 Å². The van der Waals surface area contributed by atoms with E-state index in [0.29, 0.717) is 17.0 Å². The van der Waals surface area contributed by atoms with Gasteiger partial charge in [-0.25, -0.2) is 14.2 Å². The summed E-state index contributed by atoms with van der Waals surface area (Å²) in [5.74, 6) is 0.294. The smallest absolute Gasteiger partial charge is 0.270 e. The molecule has 2 heterocycles. The minimum absolute atomic E-state index is 0.135. The van der Waals surface area contributed by atoms with Gasteiger partial charge in [0.25, 0.3) is 5.91 Å². The van der Waals surface area contributed by atoms with Gasteiger partial charge in [-0.2, -0.15) is 4.40 Å². The average Bonchev–Trinajstić information content (AvgIpc) is 2.68. The summed E-state index contributed by atoms with van der Waals surface area (Å²) in [7, 11) is 0. The van der Waals surface area contributed by atoms with E-state index >= 15 is 0 Å². The number of anilines is 1. The van der Waals surface area contributed by atoms with Crippen molar-refractivity contribution < 1.29 is 13.7 Å². The van der Waals surface area contributed by atoms with Gasteiger partial charge in [-0.1, -0.05) is 19.9 Å². The molecule has 1 unspecified atom stereocenters. The summed E-state index contributed by atoms with van der Waals surface area (Å²) in [6, 6.07) is 6.76. The molecule has 9 nitrogen and oxygen atoms in total. The molecule has 0 aliphatic carbocycles. The lowest BCUT2D eigenvalue weighted by atomic mass is 10.1. The van der Waals surface area contributed by atoms with Crippen LogP contribution in [0.2, 0.25) is 0 Å². The maximum Gasteiger partial charge on any atom is 0.270 e. The largest absolute Gasteiger partial charge is 0.490 e. The fourth-order valence-corrected chi connectivity index (χ4v) is 3.02. The monoisotopic (exact) mass is 404 g/mol. The topological polar surface area (TPSA) is 132 Å². The number of nitrogens with two attached hydrogens (primary N) is 1. The van der Waals surface area contributed by atoms with Gasteiger partial charge in [-0.05, 0) is 32.0 Å². The Morgan fingerprint density at radius 3 is 2.75 bits per heavy atom.